The molecule has 0 aliphatic heterocycles. The standard InChI is InChI=1S/C15H27N3O3Si/c1-4-19-22(20-5-2,21-6-3)13-9-12-18-15(16)14-10-7-8-11-17-14/h7-8,10-11H,4-6,9,12-13H2,1-3H3,(H2,16,18). The highest BCUT2D eigenvalue weighted by Gasteiger charge is 2.39. The summed E-state index contributed by atoms with van der Waals surface area (Å²) in [6.45, 7) is 8.23. The molecule has 1 aromatic heterocycles. The molecule has 2 N–H and O–H groups in total. The smallest absolute Gasteiger partial charge is 0.382 e. The van der Waals surface area contributed by atoms with Crippen molar-refractivity contribution < 1.29 is 13.3 Å². The predicted octanol–water partition coefficient (Wildman–Crippen LogP) is 2.23. The van der Waals surface area contributed by atoms with Gasteiger partial charge in [0.05, 0.1) is 0 Å². The average Bonchev–Trinajstić information content (AvgIpc) is 2.53. The second kappa shape index (κ2) is 10.4. The van der Waals surface area contributed by atoms with Crippen LogP contribution < -0.4 is 5.73 Å². The fourth-order valence-electron chi connectivity index (χ4n) is 2.09. The number of pyridine rings is 1. The number of nitrogens with two attached hydrogens (primary N) is 1. The Labute approximate surface area is 134 Å². The lowest BCUT2D eigenvalue weighted by Crippen LogP contribution is -2.46. The van der Waals surface area contributed by atoms with E-state index >= 15 is 0 Å². The van der Waals surface area contributed by atoms with Gasteiger partial charge in [0.2, 0.25) is 0 Å². The van der Waals surface area contributed by atoms with Crippen LogP contribution in [0.4, 0.5) is 0 Å². The summed E-state index contributed by atoms with van der Waals surface area (Å²) >= 11 is 0. The van der Waals surface area contributed by atoms with E-state index in [1.54, 1.807) is 6.20 Å². The Morgan fingerprint density at radius 2 is 1.77 bits per heavy atom. The third kappa shape index (κ3) is 6.23. The minimum Gasteiger partial charge on any atom is -0.382 e. The predicted molar refractivity (Wildman–Crippen MR) is 89.9 cm³/mol. The summed E-state index contributed by atoms with van der Waals surface area (Å²) in [5.41, 5.74) is 6.63. The largest absolute Gasteiger partial charge is 0.500 e. The number of hydrogen-bond donors (Lipinski definition) is 1. The maximum absolute atomic E-state index is 5.93. The molecule has 6 nitrogen and oxygen atoms in total. The highest BCUT2D eigenvalue weighted by molar-refractivity contribution is 6.60. The van der Waals surface area contributed by atoms with Gasteiger partial charge in [0.1, 0.15) is 11.5 Å². The van der Waals surface area contributed by atoms with Crippen LogP contribution in [0.3, 0.4) is 0 Å². The van der Waals surface area contributed by atoms with Gasteiger partial charge in [-0.3, -0.25) is 9.98 Å². The molecule has 0 saturated carbocycles. The Morgan fingerprint density at radius 1 is 1.14 bits per heavy atom. The highest BCUT2D eigenvalue weighted by Crippen LogP contribution is 2.18. The Hall–Kier alpha value is -1.28. The van der Waals surface area contributed by atoms with Crippen LogP contribution in [-0.4, -0.2) is 46.0 Å². The Balaban J connectivity index is 2.54. The summed E-state index contributed by atoms with van der Waals surface area (Å²) in [7, 11) is -2.57. The SMILES string of the molecule is CCO[Si](CCCN=C(N)c1ccccn1)(OCC)OCC. The molecule has 1 aromatic rings. The van der Waals surface area contributed by atoms with Crippen molar-refractivity contribution in [1.82, 2.24) is 4.98 Å². The van der Waals surface area contributed by atoms with Crippen molar-refractivity contribution in [2.24, 2.45) is 10.7 Å². The molecule has 0 aliphatic carbocycles. The van der Waals surface area contributed by atoms with Crippen LogP contribution in [0.25, 0.3) is 0 Å². The second-order valence-corrected chi connectivity index (χ2v) is 7.30. The van der Waals surface area contributed by atoms with Crippen molar-refractivity contribution >= 4 is 14.6 Å². The van der Waals surface area contributed by atoms with E-state index in [-0.39, 0.29) is 0 Å². The fraction of sp³-hybridized carbons (Fsp3) is 0.600. The van der Waals surface area contributed by atoms with Gasteiger partial charge >= 0.3 is 8.80 Å². The molecule has 1 rings (SSSR count). The van der Waals surface area contributed by atoms with Gasteiger partial charge in [-0.05, 0) is 39.3 Å². The molecule has 0 amide bonds. The minimum absolute atomic E-state index is 0.456. The van der Waals surface area contributed by atoms with E-state index in [0.29, 0.717) is 37.9 Å². The van der Waals surface area contributed by atoms with E-state index in [9.17, 15) is 0 Å². The molecule has 0 fully saturated rings. The number of rotatable bonds is 11. The van der Waals surface area contributed by atoms with Crippen LogP contribution in [0.15, 0.2) is 29.4 Å². The van der Waals surface area contributed by atoms with E-state index in [0.717, 1.165) is 12.5 Å². The van der Waals surface area contributed by atoms with Crippen LogP contribution in [0.1, 0.15) is 32.9 Å². The van der Waals surface area contributed by atoms with Gasteiger partial charge in [-0.25, -0.2) is 0 Å². The molecule has 0 radical (unpaired) electrons. The molecule has 7 heteroatoms. The quantitative estimate of drug-likeness (QED) is 0.292. The minimum atomic E-state index is -2.57. The maximum atomic E-state index is 5.93. The van der Waals surface area contributed by atoms with Crippen LogP contribution in [0, 0.1) is 0 Å². The monoisotopic (exact) mass is 325 g/mol. The Kier molecular flexibility index (Phi) is 8.91. The molecule has 0 bridgehead atoms. The lowest BCUT2D eigenvalue weighted by atomic mass is 10.3. The summed E-state index contributed by atoms with van der Waals surface area (Å²) in [6.07, 6.45) is 2.51. The van der Waals surface area contributed by atoms with Gasteiger partial charge in [-0.15, -0.1) is 0 Å². The fourth-order valence-corrected chi connectivity index (χ4v) is 4.69. The first-order valence-electron chi connectivity index (χ1n) is 7.80. The number of aromatic nitrogens is 1. The molecular weight excluding hydrogens is 298 g/mol. The average molecular weight is 325 g/mol. The summed E-state index contributed by atoms with van der Waals surface area (Å²) in [5, 5.41) is 0. The number of hydrogen-bond acceptors (Lipinski definition) is 5. The molecule has 0 saturated heterocycles. The highest BCUT2D eigenvalue weighted by atomic mass is 28.4. The van der Waals surface area contributed by atoms with Crippen molar-refractivity contribution in [3.05, 3.63) is 30.1 Å². The zero-order chi connectivity index (χ0) is 16.3. The van der Waals surface area contributed by atoms with Crippen molar-refractivity contribution in [3.63, 3.8) is 0 Å². The first-order chi connectivity index (χ1) is 10.7. The number of aliphatic imine (C=N–C) groups is 1. The molecule has 0 atom stereocenters. The van der Waals surface area contributed by atoms with Gasteiger partial charge < -0.3 is 19.0 Å². The lowest BCUT2D eigenvalue weighted by molar-refractivity contribution is 0.0710. The summed E-state index contributed by atoms with van der Waals surface area (Å²) in [5.74, 6) is 0.456. The van der Waals surface area contributed by atoms with Gasteiger partial charge in [-0.1, -0.05) is 6.07 Å². The summed E-state index contributed by atoms with van der Waals surface area (Å²) in [4.78, 5) is 8.54. The normalized spacial score (nSPS) is 12.6. The van der Waals surface area contributed by atoms with Gasteiger partial charge in [0.15, 0.2) is 0 Å². The third-order valence-electron chi connectivity index (χ3n) is 2.94. The summed E-state index contributed by atoms with van der Waals surface area (Å²) in [6, 6.07) is 6.32. The topological polar surface area (TPSA) is 79.0 Å². The Bertz CT molecular complexity index is 426. The Morgan fingerprint density at radius 3 is 2.27 bits per heavy atom. The van der Waals surface area contributed by atoms with Crippen molar-refractivity contribution in [2.75, 3.05) is 26.4 Å². The van der Waals surface area contributed by atoms with Gasteiger partial charge in [0.25, 0.3) is 0 Å². The zero-order valence-electron chi connectivity index (χ0n) is 13.7. The molecule has 0 unspecified atom stereocenters. The second-order valence-electron chi connectivity index (χ2n) is 4.57. The van der Waals surface area contributed by atoms with Gasteiger partial charge in [0, 0.05) is 38.6 Å². The van der Waals surface area contributed by atoms with Crippen LogP contribution in [-0.2, 0) is 13.3 Å². The first kappa shape index (κ1) is 18.8. The van der Waals surface area contributed by atoms with Crippen molar-refractivity contribution in [3.8, 4) is 0 Å². The molecule has 0 aromatic carbocycles. The van der Waals surface area contributed by atoms with E-state index < -0.39 is 8.80 Å². The maximum Gasteiger partial charge on any atom is 0.500 e. The molecule has 124 valence electrons. The lowest BCUT2D eigenvalue weighted by Gasteiger charge is -2.28. The van der Waals surface area contributed by atoms with Crippen molar-refractivity contribution in [2.45, 2.75) is 33.2 Å². The summed E-state index contributed by atoms with van der Waals surface area (Å²) < 4.78 is 17.4. The molecule has 0 spiro atoms. The molecule has 0 aliphatic rings. The van der Waals surface area contributed by atoms with E-state index in [1.807, 2.05) is 39.0 Å². The number of nitrogens with zero attached hydrogens (tertiary/aromatic N) is 2. The van der Waals surface area contributed by atoms with Gasteiger partial charge in [-0.2, -0.15) is 0 Å². The third-order valence-corrected chi connectivity index (χ3v) is 6.09. The van der Waals surface area contributed by atoms with E-state index in [4.69, 9.17) is 19.0 Å². The van der Waals surface area contributed by atoms with Crippen LogP contribution >= 0.6 is 0 Å². The van der Waals surface area contributed by atoms with E-state index in [1.165, 1.54) is 0 Å². The van der Waals surface area contributed by atoms with Crippen LogP contribution in [0.2, 0.25) is 6.04 Å². The molecule has 1 heterocycles. The van der Waals surface area contributed by atoms with Crippen LogP contribution in [0.5, 0.6) is 0 Å². The molecular formula is C15H27N3O3Si. The van der Waals surface area contributed by atoms with E-state index in [2.05, 4.69) is 9.98 Å². The molecule has 22 heavy (non-hydrogen) atoms. The number of amidine groups is 1. The van der Waals surface area contributed by atoms with Crippen molar-refractivity contribution in [1.29, 1.82) is 0 Å². The zero-order valence-corrected chi connectivity index (χ0v) is 14.7. The first-order valence-corrected chi connectivity index (χ1v) is 9.73.